The zero-order valence-electron chi connectivity index (χ0n) is 19.8. The molecule has 0 saturated carbocycles. The van der Waals surface area contributed by atoms with E-state index in [0.717, 1.165) is 23.2 Å². The van der Waals surface area contributed by atoms with Crippen LogP contribution in [0.15, 0.2) is 82.0 Å². The molecule has 5 aromatic rings. The predicted molar refractivity (Wildman–Crippen MR) is 141 cm³/mol. The van der Waals surface area contributed by atoms with Crippen molar-refractivity contribution in [3.63, 3.8) is 0 Å². The Kier molecular flexibility index (Phi) is 6.04. The highest BCUT2D eigenvalue weighted by atomic mass is 32.2. The third-order valence-electron chi connectivity index (χ3n) is 5.91. The van der Waals surface area contributed by atoms with E-state index in [-0.39, 0.29) is 16.5 Å². The molecule has 188 valence electrons. The third kappa shape index (κ3) is 4.96. The summed E-state index contributed by atoms with van der Waals surface area (Å²) in [7, 11) is -3.78. The van der Waals surface area contributed by atoms with E-state index in [4.69, 9.17) is 4.42 Å². The topological polar surface area (TPSA) is 121 Å². The molecule has 5 rings (SSSR count). The van der Waals surface area contributed by atoms with Crippen molar-refractivity contribution in [3.8, 4) is 11.5 Å². The van der Waals surface area contributed by atoms with Crippen molar-refractivity contribution in [2.45, 2.75) is 13.0 Å². The van der Waals surface area contributed by atoms with Crippen LogP contribution in [0, 0.1) is 5.82 Å². The third-order valence-corrected chi connectivity index (χ3v) is 6.46. The fraction of sp³-hybridized carbons (Fsp3) is 0.111. The minimum Gasteiger partial charge on any atom is -0.454 e. The number of aromatic amines is 1. The molecule has 1 unspecified atom stereocenters. The predicted octanol–water partition coefficient (Wildman–Crippen LogP) is 4.94. The van der Waals surface area contributed by atoms with Gasteiger partial charge in [0.15, 0.2) is 11.2 Å². The van der Waals surface area contributed by atoms with Gasteiger partial charge in [0, 0.05) is 28.2 Å². The van der Waals surface area contributed by atoms with Crippen molar-refractivity contribution in [1.29, 1.82) is 0 Å². The quantitative estimate of drug-likeness (QED) is 0.292. The van der Waals surface area contributed by atoms with Crippen LogP contribution in [0.25, 0.3) is 33.3 Å². The van der Waals surface area contributed by atoms with Crippen molar-refractivity contribution >= 4 is 43.5 Å². The van der Waals surface area contributed by atoms with E-state index in [1.807, 2.05) is 35.1 Å². The fourth-order valence-corrected chi connectivity index (χ4v) is 4.70. The number of hydrogen-bond acceptors (Lipinski definition) is 6. The molecule has 8 nitrogen and oxygen atoms in total. The smallest absolute Gasteiger partial charge is 0.266 e. The maximum atomic E-state index is 14.6. The molecule has 1 amide bonds. The van der Waals surface area contributed by atoms with Gasteiger partial charge in [-0.2, -0.15) is 0 Å². The Hall–Kier alpha value is -4.44. The van der Waals surface area contributed by atoms with Crippen molar-refractivity contribution in [2.75, 3.05) is 11.6 Å². The second-order valence-corrected chi connectivity index (χ2v) is 10.5. The Labute approximate surface area is 211 Å². The number of nitrogens with one attached hydrogen (secondary N) is 3. The summed E-state index contributed by atoms with van der Waals surface area (Å²) in [6.07, 6.45) is 0.884. The molecule has 3 aromatic carbocycles. The van der Waals surface area contributed by atoms with Gasteiger partial charge in [-0.25, -0.2) is 17.5 Å². The summed E-state index contributed by atoms with van der Waals surface area (Å²) in [5, 5.41) is 4.14. The van der Waals surface area contributed by atoms with Gasteiger partial charge in [-0.05, 0) is 43.3 Å². The number of carbonyl (C=O) groups is 1. The molecule has 37 heavy (non-hydrogen) atoms. The summed E-state index contributed by atoms with van der Waals surface area (Å²) < 4.78 is 45.8. The van der Waals surface area contributed by atoms with Gasteiger partial charge in [-0.1, -0.05) is 30.3 Å². The van der Waals surface area contributed by atoms with E-state index in [1.165, 1.54) is 18.2 Å². The number of hydrogen-bond donors (Lipinski definition) is 3. The number of para-hydroxylation sites is 2. The van der Waals surface area contributed by atoms with Gasteiger partial charge >= 0.3 is 0 Å². The fourth-order valence-electron chi connectivity index (χ4n) is 4.25. The Morgan fingerprint density at radius 2 is 1.76 bits per heavy atom. The van der Waals surface area contributed by atoms with Gasteiger partial charge < -0.3 is 14.7 Å². The van der Waals surface area contributed by atoms with Crippen molar-refractivity contribution in [3.05, 3.63) is 100.0 Å². The van der Waals surface area contributed by atoms with Crippen LogP contribution in [-0.4, -0.2) is 25.6 Å². The van der Waals surface area contributed by atoms with E-state index >= 15 is 0 Å². The first-order valence-electron chi connectivity index (χ1n) is 11.3. The summed E-state index contributed by atoms with van der Waals surface area (Å²) in [6.45, 7) is 1.72. The number of sulfonamides is 1. The van der Waals surface area contributed by atoms with Crippen LogP contribution < -0.4 is 15.5 Å². The molecule has 0 aliphatic heterocycles. The lowest BCUT2D eigenvalue weighted by Gasteiger charge is -2.19. The molecule has 0 spiro atoms. The second-order valence-electron chi connectivity index (χ2n) is 8.73. The second kappa shape index (κ2) is 9.21. The van der Waals surface area contributed by atoms with Gasteiger partial charge in [0.1, 0.15) is 11.4 Å². The van der Waals surface area contributed by atoms with Crippen molar-refractivity contribution in [1.82, 2.24) is 9.71 Å². The number of H-pyrrole nitrogens is 1. The maximum Gasteiger partial charge on any atom is 0.266 e. The Balaban J connectivity index is 1.58. The van der Waals surface area contributed by atoms with E-state index in [2.05, 4.69) is 10.3 Å². The molecule has 0 saturated heterocycles. The lowest BCUT2D eigenvalue weighted by atomic mass is 10.0. The van der Waals surface area contributed by atoms with Crippen LogP contribution in [0.1, 0.15) is 28.9 Å². The number of fused-ring (bicyclic) bond motifs is 2. The summed E-state index contributed by atoms with van der Waals surface area (Å²) in [4.78, 5) is 28.7. The molecule has 0 aliphatic carbocycles. The molecule has 2 aromatic heterocycles. The molecule has 2 heterocycles. The molecule has 0 aliphatic rings. The minimum atomic E-state index is -3.78. The highest BCUT2D eigenvalue weighted by molar-refractivity contribution is 7.89. The Morgan fingerprint density at radius 1 is 1.03 bits per heavy atom. The lowest BCUT2D eigenvalue weighted by Crippen LogP contribution is -2.30. The maximum absolute atomic E-state index is 14.6. The van der Waals surface area contributed by atoms with E-state index in [1.54, 1.807) is 25.1 Å². The first-order chi connectivity index (χ1) is 17.6. The molecule has 0 fully saturated rings. The number of benzene rings is 3. The number of halogens is 1. The van der Waals surface area contributed by atoms with E-state index in [9.17, 15) is 22.4 Å². The number of rotatable bonds is 6. The average Bonchev–Trinajstić information content (AvgIpc) is 3.27. The number of anilines is 1. The normalized spacial score (nSPS) is 12.5. The average molecular weight is 520 g/mol. The van der Waals surface area contributed by atoms with Crippen LogP contribution in [0.4, 0.5) is 10.1 Å². The zero-order valence-corrected chi connectivity index (χ0v) is 20.6. The molecule has 10 heteroatoms. The van der Waals surface area contributed by atoms with Crippen LogP contribution in [0.3, 0.4) is 0 Å². The molecular formula is C27H22FN3O5S. The SMILES string of the molecule is CC(Nc1ccccc1C(=O)NS(C)(=O)=O)c1cc(F)cc2c(=O)cc(-c3cc4ccccc4[nH]3)oc12. The van der Waals surface area contributed by atoms with Gasteiger partial charge in [-0.3, -0.25) is 9.59 Å². The van der Waals surface area contributed by atoms with Crippen LogP contribution >= 0.6 is 0 Å². The van der Waals surface area contributed by atoms with E-state index in [0.29, 0.717) is 22.7 Å². The monoisotopic (exact) mass is 519 g/mol. The van der Waals surface area contributed by atoms with Gasteiger partial charge in [0.2, 0.25) is 10.0 Å². The van der Waals surface area contributed by atoms with Crippen LogP contribution in [-0.2, 0) is 10.0 Å². The summed E-state index contributed by atoms with van der Waals surface area (Å²) in [5.41, 5.74) is 2.01. The van der Waals surface area contributed by atoms with Gasteiger partial charge in [-0.15, -0.1) is 0 Å². The minimum absolute atomic E-state index is 0.0756. The Morgan fingerprint density at radius 3 is 2.51 bits per heavy atom. The summed E-state index contributed by atoms with van der Waals surface area (Å²) in [5.74, 6) is -1.14. The van der Waals surface area contributed by atoms with Gasteiger partial charge in [0.25, 0.3) is 5.91 Å². The molecule has 0 bridgehead atoms. The van der Waals surface area contributed by atoms with Gasteiger partial charge in [0.05, 0.1) is 28.9 Å². The zero-order chi connectivity index (χ0) is 26.3. The number of amides is 1. The first-order valence-corrected chi connectivity index (χ1v) is 13.2. The molecule has 3 N–H and O–H groups in total. The Bertz CT molecular complexity index is 1810. The molecule has 1 atom stereocenters. The summed E-state index contributed by atoms with van der Waals surface area (Å²) in [6, 6.07) is 18.9. The van der Waals surface area contributed by atoms with Crippen molar-refractivity contribution < 1.29 is 22.0 Å². The molecule has 0 radical (unpaired) electrons. The highest BCUT2D eigenvalue weighted by Gasteiger charge is 2.20. The van der Waals surface area contributed by atoms with Crippen LogP contribution in [0.5, 0.6) is 0 Å². The standard InChI is InChI=1S/C27H22FN3O5S/c1-15(29-22-10-6-4-8-18(22)27(33)31-37(2,34)35)19-12-17(28)13-20-24(32)14-25(36-26(19)20)23-11-16-7-3-5-9-21(16)30-23/h3-15,29-30H,1-2H3,(H,31,33). The largest absolute Gasteiger partial charge is 0.454 e. The summed E-state index contributed by atoms with van der Waals surface area (Å²) >= 11 is 0. The lowest BCUT2D eigenvalue weighted by molar-refractivity contribution is 0.0982. The number of aromatic nitrogens is 1. The number of carbonyl (C=O) groups excluding carboxylic acids is 1. The first kappa shape index (κ1) is 24.3. The van der Waals surface area contributed by atoms with Crippen LogP contribution in [0.2, 0.25) is 0 Å². The highest BCUT2D eigenvalue weighted by Crippen LogP contribution is 2.32. The van der Waals surface area contributed by atoms with Crippen molar-refractivity contribution in [2.24, 2.45) is 0 Å². The molecular weight excluding hydrogens is 497 g/mol. The van der Waals surface area contributed by atoms with E-state index < -0.39 is 33.2 Å².